The number of hydrogen-bond donors (Lipinski definition) is 0. The van der Waals surface area contributed by atoms with Gasteiger partial charge in [-0.3, -0.25) is 9.59 Å². The first-order valence-electron chi connectivity index (χ1n) is 15.5. The molecule has 0 unspecified atom stereocenters. The monoisotopic (exact) mass is 622 g/mol. The number of aryl methyl sites for hydroxylation is 4. The molecular weight excluding hydrogens is 571 g/mol. The molecule has 8 heteroatoms. The summed E-state index contributed by atoms with van der Waals surface area (Å²) in [5.41, 5.74) is 6.78. The van der Waals surface area contributed by atoms with Gasteiger partial charge in [0, 0.05) is 26.3 Å². The summed E-state index contributed by atoms with van der Waals surface area (Å²) >= 11 is 11.6. The second kappa shape index (κ2) is 22.4. The highest BCUT2D eigenvalue weighted by molar-refractivity contribution is 6.30. The number of carbonyl (C=O) groups is 2. The predicted octanol–water partition coefficient (Wildman–Crippen LogP) is 7.62. The zero-order valence-corrected chi connectivity index (χ0v) is 28.2. The molecule has 0 spiro atoms. The van der Waals surface area contributed by atoms with E-state index in [0.29, 0.717) is 26.3 Å². The van der Waals surface area contributed by atoms with Gasteiger partial charge in [-0.25, -0.2) is 0 Å². The number of nitrogens with zero attached hydrogens (tertiary/aromatic N) is 2. The average molecular weight is 624 g/mol. The number of halogens is 2. The second-order valence-corrected chi connectivity index (χ2v) is 10.4. The number of carbonyl (C=O) groups excluding carboxylic acids is 2. The second-order valence-electron chi connectivity index (χ2n) is 9.85. The molecule has 2 aromatic rings. The number of hydrogen-bond acceptors (Lipinski definition) is 4. The van der Waals surface area contributed by atoms with Crippen molar-refractivity contribution in [2.75, 3.05) is 61.1 Å². The lowest BCUT2D eigenvalue weighted by atomic mass is 10.0. The van der Waals surface area contributed by atoms with Crippen LogP contribution < -0.4 is 9.80 Å². The van der Waals surface area contributed by atoms with Gasteiger partial charge in [0.2, 0.25) is 11.8 Å². The molecule has 42 heavy (non-hydrogen) atoms. The molecule has 0 bridgehead atoms. The molecule has 2 aromatic carbocycles. The van der Waals surface area contributed by atoms with Gasteiger partial charge in [-0.15, -0.1) is 23.2 Å². The lowest BCUT2D eigenvalue weighted by molar-refractivity contribution is -0.117. The van der Waals surface area contributed by atoms with Crippen LogP contribution in [0.25, 0.3) is 0 Å². The molecule has 0 aliphatic heterocycles. The normalized spacial score (nSPS) is 10.7. The first-order valence-corrected chi connectivity index (χ1v) is 16.5. The Hall–Kier alpha value is -2.12. The van der Waals surface area contributed by atoms with E-state index in [-0.39, 0.29) is 23.6 Å². The molecule has 0 saturated carbocycles. The third-order valence-electron chi connectivity index (χ3n) is 6.92. The van der Waals surface area contributed by atoms with E-state index in [4.69, 9.17) is 32.7 Å². The fraction of sp³-hybridized carbons (Fsp3) is 0.588. The van der Waals surface area contributed by atoms with Gasteiger partial charge < -0.3 is 19.3 Å². The van der Waals surface area contributed by atoms with Gasteiger partial charge in [0.05, 0.1) is 24.6 Å². The molecule has 0 aliphatic carbocycles. The van der Waals surface area contributed by atoms with Crippen LogP contribution >= 0.6 is 23.2 Å². The van der Waals surface area contributed by atoms with Crippen molar-refractivity contribution >= 4 is 46.4 Å². The summed E-state index contributed by atoms with van der Waals surface area (Å²) in [6.45, 7) is 16.2. The highest BCUT2D eigenvalue weighted by Gasteiger charge is 2.21. The summed E-state index contributed by atoms with van der Waals surface area (Å²) in [5.74, 6) is -0.135. The maximum absolute atomic E-state index is 12.3. The Morgan fingerprint density at radius 2 is 0.881 bits per heavy atom. The van der Waals surface area contributed by atoms with Crippen LogP contribution in [0, 0.1) is 0 Å². The van der Waals surface area contributed by atoms with Crippen LogP contribution in [0.4, 0.5) is 11.4 Å². The summed E-state index contributed by atoms with van der Waals surface area (Å²) < 4.78 is 11.1. The summed E-state index contributed by atoms with van der Waals surface area (Å²) in [6.07, 6.45) is 5.54. The number of ether oxygens (including phenoxy) is 2. The van der Waals surface area contributed by atoms with E-state index >= 15 is 0 Å². The first-order chi connectivity index (χ1) is 20.4. The van der Waals surface area contributed by atoms with Crippen LogP contribution in [-0.2, 0) is 44.7 Å². The van der Waals surface area contributed by atoms with Gasteiger partial charge in [0.1, 0.15) is 11.8 Å². The molecule has 2 rings (SSSR count). The minimum atomic E-state index is -0.0626. The van der Waals surface area contributed by atoms with Crippen molar-refractivity contribution in [3.8, 4) is 0 Å². The minimum Gasteiger partial charge on any atom is -0.380 e. The molecule has 0 saturated heterocycles. The van der Waals surface area contributed by atoms with Crippen LogP contribution in [0.1, 0.15) is 76.6 Å². The molecule has 0 atom stereocenters. The summed E-state index contributed by atoms with van der Waals surface area (Å²) in [4.78, 5) is 28.1. The van der Waals surface area contributed by atoms with E-state index in [9.17, 15) is 9.59 Å². The van der Waals surface area contributed by atoms with Crippen molar-refractivity contribution in [1.82, 2.24) is 0 Å². The standard InChI is InChI=1S/2C17H26ClNO2/c2*1-4-11-21-12-10-19(16(20)13-18)17-14(5-2)8-7-9-15(17)6-3/h2*7-9H,4-6,10-13H2,1-3H3. The van der Waals surface area contributed by atoms with Gasteiger partial charge in [-0.1, -0.05) is 77.9 Å². The van der Waals surface area contributed by atoms with Crippen molar-refractivity contribution in [3.05, 3.63) is 58.7 Å². The van der Waals surface area contributed by atoms with Gasteiger partial charge in [-0.05, 0) is 60.8 Å². The Kier molecular flexibility index (Phi) is 20.2. The van der Waals surface area contributed by atoms with E-state index in [1.807, 2.05) is 0 Å². The Bertz CT molecular complexity index is 936. The Balaban J connectivity index is 0.000000420. The number of amides is 2. The fourth-order valence-electron chi connectivity index (χ4n) is 4.79. The van der Waals surface area contributed by atoms with Gasteiger partial charge in [0.25, 0.3) is 0 Å². The van der Waals surface area contributed by atoms with Gasteiger partial charge in [0.15, 0.2) is 0 Å². The Morgan fingerprint density at radius 3 is 1.12 bits per heavy atom. The molecular formula is C34H52Cl2N2O4. The highest BCUT2D eigenvalue weighted by Crippen LogP contribution is 2.28. The zero-order valence-electron chi connectivity index (χ0n) is 26.6. The van der Waals surface area contributed by atoms with Crippen molar-refractivity contribution in [2.45, 2.75) is 80.1 Å². The van der Waals surface area contributed by atoms with Gasteiger partial charge in [-0.2, -0.15) is 0 Å². The lowest BCUT2D eigenvalue weighted by Crippen LogP contribution is -2.36. The number of rotatable bonds is 18. The third kappa shape index (κ3) is 11.9. The minimum absolute atomic E-state index is 0.00498. The highest BCUT2D eigenvalue weighted by atomic mass is 35.5. The zero-order chi connectivity index (χ0) is 31.3. The van der Waals surface area contributed by atoms with Crippen LogP contribution in [0.15, 0.2) is 36.4 Å². The Morgan fingerprint density at radius 1 is 0.571 bits per heavy atom. The average Bonchev–Trinajstić information content (AvgIpc) is 3.03. The number of benzene rings is 2. The topological polar surface area (TPSA) is 59.1 Å². The van der Waals surface area contributed by atoms with Crippen LogP contribution in [0.3, 0.4) is 0 Å². The van der Waals surface area contributed by atoms with Crippen LogP contribution in [0.2, 0.25) is 0 Å². The molecule has 2 amide bonds. The predicted molar refractivity (Wildman–Crippen MR) is 179 cm³/mol. The van der Waals surface area contributed by atoms with Crippen LogP contribution in [-0.4, -0.2) is 63.1 Å². The molecule has 6 nitrogen and oxygen atoms in total. The van der Waals surface area contributed by atoms with E-state index in [1.165, 1.54) is 22.3 Å². The van der Waals surface area contributed by atoms with Crippen LogP contribution in [0.5, 0.6) is 0 Å². The summed E-state index contributed by atoms with van der Waals surface area (Å²) in [6, 6.07) is 12.4. The van der Waals surface area contributed by atoms with E-state index in [2.05, 4.69) is 77.9 Å². The molecule has 0 N–H and O–H groups in total. The molecule has 0 aromatic heterocycles. The smallest absolute Gasteiger partial charge is 0.242 e. The number of alkyl halides is 2. The maximum atomic E-state index is 12.3. The van der Waals surface area contributed by atoms with E-state index in [0.717, 1.165) is 63.1 Å². The molecule has 0 heterocycles. The lowest BCUT2D eigenvalue weighted by Gasteiger charge is -2.27. The van der Waals surface area contributed by atoms with E-state index < -0.39 is 0 Å². The fourth-order valence-corrected chi connectivity index (χ4v) is 5.08. The number of anilines is 2. The molecule has 0 radical (unpaired) electrons. The van der Waals surface area contributed by atoms with Gasteiger partial charge >= 0.3 is 0 Å². The van der Waals surface area contributed by atoms with Crippen molar-refractivity contribution in [1.29, 1.82) is 0 Å². The molecule has 0 aliphatic rings. The van der Waals surface area contributed by atoms with Crippen molar-refractivity contribution in [3.63, 3.8) is 0 Å². The quantitative estimate of drug-likeness (QED) is 0.127. The Labute approximate surface area is 264 Å². The van der Waals surface area contributed by atoms with Crippen molar-refractivity contribution in [2.24, 2.45) is 0 Å². The number of para-hydroxylation sites is 2. The summed E-state index contributed by atoms with van der Waals surface area (Å²) in [7, 11) is 0. The van der Waals surface area contributed by atoms with Crippen molar-refractivity contribution < 1.29 is 19.1 Å². The van der Waals surface area contributed by atoms with E-state index in [1.54, 1.807) is 9.80 Å². The molecule has 0 fully saturated rings. The molecule has 236 valence electrons. The summed E-state index contributed by atoms with van der Waals surface area (Å²) in [5, 5.41) is 0. The first kappa shape index (κ1) is 37.9. The SMILES string of the molecule is CCCOCCN(C(=O)CCl)c1c(CC)cccc1CC.CCCOCCN(C(=O)CCl)c1c(CC)cccc1CC. The largest absolute Gasteiger partial charge is 0.380 e. The maximum Gasteiger partial charge on any atom is 0.242 e. The third-order valence-corrected chi connectivity index (χ3v) is 7.37.